The Kier molecular flexibility index (Phi) is 10.9. The van der Waals surface area contributed by atoms with Crippen LogP contribution in [-0.2, 0) is 30.3 Å². The van der Waals surface area contributed by atoms with Crippen LogP contribution >= 0.6 is 11.8 Å². The number of likely N-dealkylation sites (tertiary alicyclic amines) is 1. The van der Waals surface area contributed by atoms with Crippen molar-refractivity contribution in [2.45, 2.75) is 64.5 Å². The van der Waals surface area contributed by atoms with Crippen LogP contribution in [0.3, 0.4) is 0 Å². The zero-order chi connectivity index (χ0) is 25.2. The van der Waals surface area contributed by atoms with Crippen molar-refractivity contribution in [2.75, 3.05) is 38.9 Å². The van der Waals surface area contributed by atoms with Gasteiger partial charge in [0.25, 0.3) is 0 Å². The third-order valence-corrected chi connectivity index (χ3v) is 6.36. The Balaban J connectivity index is 2.23. The highest BCUT2D eigenvalue weighted by Gasteiger charge is 2.45. The predicted molar refractivity (Wildman–Crippen MR) is 132 cm³/mol. The lowest BCUT2D eigenvalue weighted by Crippen LogP contribution is -2.57. The summed E-state index contributed by atoms with van der Waals surface area (Å²) in [6.45, 7) is 6.54. The molecule has 8 nitrogen and oxygen atoms in total. The number of thioether (sulfide) groups is 1. The molecular weight excluding hydrogens is 456 g/mol. The Morgan fingerprint density at radius 2 is 1.76 bits per heavy atom. The highest BCUT2D eigenvalue weighted by Crippen LogP contribution is 2.25. The molecular formula is C25H39N2O6S+. The van der Waals surface area contributed by atoms with Crippen LogP contribution in [-0.4, -0.2) is 78.1 Å². The molecule has 1 aliphatic rings. The molecule has 0 bridgehead atoms. The molecule has 0 saturated carbocycles. The number of amides is 2. The minimum atomic E-state index is -0.887. The number of quaternary nitrogens is 1. The van der Waals surface area contributed by atoms with Gasteiger partial charge in [0.15, 0.2) is 6.04 Å². The minimum Gasteiger partial charge on any atom is -0.467 e. The van der Waals surface area contributed by atoms with Gasteiger partial charge in [-0.05, 0) is 51.2 Å². The van der Waals surface area contributed by atoms with Gasteiger partial charge in [0.1, 0.15) is 5.60 Å². The molecule has 0 aliphatic carbocycles. The third kappa shape index (κ3) is 8.29. The van der Waals surface area contributed by atoms with Gasteiger partial charge in [-0.2, -0.15) is 21.0 Å². The maximum atomic E-state index is 13.3. The van der Waals surface area contributed by atoms with E-state index in [-0.39, 0.29) is 29.6 Å². The van der Waals surface area contributed by atoms with E-state index in [4.69, 9.17) is 14.3 Å². The molecule has 2 rings (SSSR count). The Morgan fingerprint density at radius 3 is 2.32 bits per heavy atom. The summed E-state index contributed by atoms with van der Waals surface area (Å²) in [6, 6.07) is 8.79. The van der Waals surface area contributed by atoms with Gasteiger partial charge in [-0.1, -0.05) is 30.3 Å². The number of ether oxygens (including phenoxy) is 2. The number of aryl methyl sites for hydroxylation is 1. The fourth-order valence-electron chi connectivity index (χ4n) is 3.87. The van der Waals surface area contributed by atoms with Crippen molar-refractivity contribution < 1.29 is 33.2 Å². The molecule has 1 aliphatic heterocycles. The second-order valence-electron chi connectivity index (χ2n) is 9.56. The smallest absolute Gasteiger partial charge is 0.467 e. The molecule has 0 unspecified atom stereocenters. The molecule has 1 saturated heterocycles. The van der Waals surface area contributed by atoms with Crippen LogP contribution in [0.1, 0.15) is 52.0 Å². The molecule has 1 aromatic carbocycles. The summed E-state index contributed by atoms with van der Waals surface area (Å²) in [5.41, 5.74) is 0.384. The van der Waals surface area contributed by atoms with E-state index < -0.39 is 17.6 Å². The van der Waals surface area contributed by atoms with Crippen LogP contribution in [0.4, 0.5) is 4.79 Å². The molecule has 1 atom stereocenters. The van der Waals surface area contributed by atoms with Crippen molar-refractivity contribution in [1.29, 1.82) is 0 Å². The third-order valence-electron chi connectivity index (χ3n) is 5.71. The van der Waals surface area contributed by atoms with Gasteiger partial charge >= 0.3 is 12.1 Å². The van der Waals surface area contributed by atoms with Crippen molar-refractivity contribution in [3.63, 3.8) is 0 Å². The minimum absolute atomic E-state index is 0.0316. The van der Waals surface area contributed by atoms with E-state index in [1.165, 1.54) is 7.11 Å². The van der Waals surface area contributed by atoms with Gasteiger partial charge < -0.3 is 9.47 Å². The lowest BCUT2D eigenvalue weighted by molar-refractivity contribution is -0.871. The van der Waals surface area contributed by atoms with Crippen molar-refractivity contribution in [3.8, 4) is 0 Å². The summed E-state index contributed by atoms with van der Waals surface area (Å²) in [5.74, 6) is -0.202. The van der Waals surface area contributed by atoms with E-state index in [9.17, 15) is 14.4 Å². The summed E-state index contributed by atoms with van der Waals surface area (Å²) < 4.78 is 10.6. The number of hydroxylamine groups is 2. The first-order chi connectivity index (χ1) is 16.1. The van der Waals surface area contributed by atoms with E-state index in [0.717, 1.165) is 23.5 Å². The number of carbonyl (C=O) groups is 3. The van der Waals surface area contributed by atoms with Crippen LogP contribution < -0.4 is 0 Å². The number of esters is 1. The quantitative estimate of drug-likeness (QED) is 0.259. The van der Waals surface area contributed by atoms with Gasteiger partial charge in [-0.25, -0.2) is 14.7 Å². The van der Waals surface area contributed by atoms with E-state index in [2.05, 4.69) is 0 Å². The van der Waals surface area contributed by atoms with E-state index in [0.29, 0.717) is 31.7 Å². The summed E-state index contributed by atoms with van der Waals surface area (Å²) in [5, 5.41) is 1.15. The van der Waals surface area contributed by atoms with E-state index >= 15 is 0 Å². The van der Waals surface area contributed by atoms with Crippen LogP contribution in [0.15, 0.2) is 30.3 Å². The summed E-state index contributed by atoms with van der Waals surface area (Å²) in [7, 11) is 1.30. The van der Waals surface area contributed by atoms with Crippen LogP contribution in [0.25, 0.3) is 0 Å². The zero-order valence-corrected chi connectivity index (χ0v) is 21.9. The number of hydrogen-bond donors (Lipinski definition) is 0. The number of benzene rings is 1. The largest absolute Gasteiger partial charge is 0.518 e. The Morgan fingerprint density at radius 1 is 1.12 bits per heavy atom. The maximum Gasteiger partial charge on any atom is 0.518 e. The van der Waals surface area contributed by atoms with Crippen LogP contribution in [0, 0.1) is 0 Å². The monoisotopic (exact) mass is 495 g/mol. The lowest BCUT2D eigenvalue weighted by atomic mass is 10.1. The summed E-state index contributed by atoms with van der Waals surface area (Å²) >= 11 is 1.57. The van der Waals surface area contributed by atoms with Crippen LogP contribution in [0.5, 0.6) is 0 Å². The first-order valence-corrected chi connectivity index (χ1v) is 13.2. The first kappa shape index (κ1) is 28.1. The number of methoxy groups -OCH3 is 1. The number of nitrogens with zero attached hydrogens (tertiary/aromatic N) is 2. The standard InChI is InChI=1S/C25H39N2O6S/c1-25(2,3)33-24(30)27(16-9-10-17-27)19-32-26(21(15-18-34-5)23(29)31-4)22(28)14-13-20-11-7-6-8-12-20/h6-8,11-12,21H,9-10,13-19H2,1-5H3/q+1/t21-/m0/s1. The van der Waals surface area contributed by atoms with Gasteiger partial charge in [0.2, 0.25) is 12.6 Å². The van der Waals surface area contributed by atoms with Crippen molar-refractivity contribution in [2.24, 2.45) is 0 Å². The molecule has 34 heavy (non-hydrogen) atoms. The van der Waals surface area contributed by atoms with E-state index in [1.807, 2.05) is 57.4 Å². The average molecular weight is 496 g/mol. The molecule has 1 aromatic rings. The van der Waals surface area contributed by atoms with E-state index in [1.54, 1.807) is 11.8 Å². The first-order valence-electron chi connectivity index (χ1n) is 11.8. The summed E-state index contributed by atoms with van der Waals surface area (Å²) in [4.78, 5) is 45.1. The van der Waals surface area contributed by atoms with Gasteiger partial charge in [0, 0.05) is 19.3 Å². The molecule has 0 N–H and O–H groups in total. The molecule has 9 heteroatoms. The predicted octanol–water partition coefficient (Wildman–Crippen LogP) is 4.18. The fourth-order valence-corrected chi connectivity index (χ4v) is 4.33. The second kappa shape index (κ2) is 13.1. The molecule has 0 aromatic heterocycles. The Hall–Kier alpha value is -2.10. The lowest BCUT2D eigenvalue weighted by Gasteiger charge is -2.35. The second-order valence-corrected chi connectivity index (χ2v) is 10.5. The molecule has 2 amide bonds. The molecule has 190 valence electrons. The molecule has 0 spiro atoms. The fraction of sp³-hybridized carbons (Fsp3) is 0.640. The Bertz CT molecular complexity index is 805. The molecule has 1 heterocycles. The van der Waals surface area contributed by atoms with Crippen LogP contribution in [0.2, 0.25) is 0 Å². The van der Waals surface area contributed by atoms with Crippen molar-refractivity contribution in [1.82, 2.24) is 5.06 Å². The molecule has 1 fully saturated rings. The highest BCUT2D eigenvalue weighted by atomic mass is 32.2. The van der Waals surface area contributed by atoms with Crippen molar-refractivity contribution >= 4 is 29.7 Å². The maximum absolute atomic E-state index is 13.3. The number of carbonyl (C=O) groups excluding carboxylic acids is 3. The number of rotatable bonds is 11. The average Bonchev–Trinajstić information content (AvgIpc) is 3.29. The summed E-state index contributed by atoms with van der Waals surface area (Å²) in [6.07, 6.45) is 4.35. The topological polar surface area (TPSA) is 82.1 Å². The number of hydrogen-bond acceptors (Lipinski definition) is 7. The van der Waals surface area contributed by atoms with Crippen molar-refractivity contribution in [3.05, 3.63) is 35.9 Å². The van der Waals surface area contributed by atoms with Gasteiger partial charge in [0.05, 0.1) is 20.2 Å². The SMILES string of the molecule is COC(=O)[C@H](CCSC)N(OC[N+]1(C(=O)OC(C)(C)C)CCCC1)C(=O)CCc1ccccc1. The molecule has 0 radical (unpaired) electrons. The van der Waals surface area contributed by atoms with Gasteiger partial charge in [-0.3, -0.25) is 4.79 Å². The normalized spacial score (nSPS) is 16.0. The zero-order valence-electron chi connectivity index (χ0n) is 21.1. The Labute approximate surface area is 207 Å². The van der Waals surface area contributed by atoms with Gasteiger partial charge in [-0.15, -0.1) is 0 Å². The highest BCUT2D eigenvalue weighted by molar-refractivity contribution is 7.98.